The molecule has 0 unspecified atom stereocenters. The van der Waals surface area contributed by atoms with Crippen LogP contribution < -0.4 is 5.32 Å². The van der Waals surface area contributed by atoms with Crippen LogP contribution in [0.5, 0.6) is 5.75 Å². The van der Waals surface area contributed by atoms with Crippen molar-refractivity contribution >= 4 is 57.1 Å². The first-order valence-electron chi connectivity index (χ1n) is 10.7. The second-order valence-electron chi connectivity index (χ2n) is 8.37. The van der Waals surface area contributed by atoms with Gasteiger partial charge in [0.15, 0.2) is 5.75 Å². The maximum atomic E-state index is 9.89. The number of phenolic OH excluding ortho intramolecular Hbond substituents is 1. The quantitative estimate of drug-likeness (QED) is 0.322. The number of aromatic hydroxyl groups is 1. The van der Waals surface area contributed by atoms with Gasteiger partial charge in [0.25, 0.3) is 0 Å². The molecule has 1 fully saturated rings. The molecule has 0 amide bonds. The van der Waals surface area contributed by atoms with Gasteiger partial charge in [0.05, 0.1) is 44.2 Å². The van der Waals surface area contributed by atoms with Crippen LogP contribution in [0.25, 0.3) is 22.0 Å². The number of halogens is 3. The second kappa shape index (κ2) is 9.03. The molecule has 1 aliphatic heterocycles. The Hall–Kier alpha value is -2.51. The highest BCUT2D eigenvalue weighted by Gasteiger charge is 2.19. The summed E-state index contributed by atoms with van der Waals surface area (Å²) in [5.74, 6) is -0.128. The van der Waals surface area contributed by atoms with E-state index in [0.29, 0.717) is 11.1 Å². The van der Waals surface area contributed by atoms with E-state index in [1.807, 2.05) is 35.3 Å². The predicted molar refractivity (Wildman–Crippen MR) is 135 cm³/mol. The van der Waals surface area contributed by atoms with Gasteiger partial charge in [0, 0.05) is 17.8 Å². The Morgan fingerprint density at radius 1 is 0.970 bits per heavy atom. The standard InChI is InChI=1S/C24H22Cl3N5O/c1-31-6-4-17(5-7-31)32-13-16(11-29-32)30-23-18-8-14(2-3-22(18)28-12-21(23)27)15-9-19(25)24(33)20(26)10-15/h2-3,8-13,17,33H,4-7H2,1H3,(H,28,30). The summed E-state index contributed by atoms with van der Waals surface area (Å²) in [6, 6.07) is 9.60. The minimum Gasteiger partial charge on any atom is -0.505 e. The second-order valence-corrected chi connectivity index (χ2v) is 9.59. The summed E-state index contributed by atoms with van der Waals surface area (Å²) in [7, 11) is 2.15. The van der Waals surface area contributed by atoms with E-state index in [1.165, 1.54) is 0 Å². The first kappa shape index (κ1) is 22.3. The third-order valence-electron chi connectivity index (χ3n) is 6.10. The van der Waals surface area contributed by atoms with Crippen LogP contribution in [0.3, 0.4) is 0 Å². The van der Waals surface area contributed by atoms with Crippen LogP contribution in [0, 0.1) is 0 Å². The van der Waals surface area contributed by atoms with Crippen LogP contribution in [-0.2, 0) is 0 Å². The number of phenols is 1. The number of benzene rings is 2. The zero-order chi connectivity index (χ0) is 23.1. The van der Waals surface area contributed by atoms with E-state index in [9.17, 15) is 5.11 Å². The zero-order valence-corrected chi connectivity index (χ0v) is 20.2. The summed E-state index contributed by atoms with van der Waals surface area (Å²) in [6.45, 7) is 2.14. The normalized spacial score (nSPS) is 15.3. The highest BCUT2D eigenvalue weighted by molar-refractivity contribution is 6.37. The lowest BCUT2D eigenvalue weighted by atomic mass is 10.0. The topological polar surface area (TPSA) is 66.2 Å². The van der Waals surface area contributed by atoms with Crippen molar-refractivity contribution in [3.05, 3.63) is 64.0 Å². The summed E-state index contributed by atoms with van der Waals surface area (Å²) >= 11 is 18.8. The van der Waals surface area contributed by atoms with Gasteiger partial charge in [-0.15, -0.1) is 0 Å². The van der Waals surface area contributed by atoms with Gasteiger partial charge in [-0.1, -0.05) is 40.9 Å². The maximum absolute atomic E-state index is 9.89. The molecule has 0 aliphatic carbocycles. The number of nitrogens with zero attached hydrogens (tertiary/aromatic N) is 4. The van der Waals surface area contributed by atoms with Crippen molar-refractivity contribution in [3.8, 4) is 16.9 Å². The van der Waals surface area contributed by atoms with Crippen molar-refractivity contribution in [2.75, 3.05) is 25.5 Å². The van der Waals surface area contributed by atoms with Gasteiger partial charge in [-0.05, 0) is 68.4 Å². The lowest BCUT2D eigenvalue weighted by Crippen LogP contribution is -2.31. The van der Waals surface area contributed by atoms with Crippen molar-refractivity contribution in [3.63, 3.8) is 0 Å². The first-order valence-corrected chi connectivity index (χ1v) is 11.8. The fourth-order valence-corrected chi connectivity index (χ4v) is 4.90. The van der Waals surface area contributed by atoms with Gasteiger partial charge in [0.1, 0.15) is 0 Å². The van der Waals surface area contributed by atoms with Crippen LogP contribution in [-0.4, -0.2) is 44.9 Å². The fourth-order valence-electron chi connectivity index (χ4n) is 4.21. The number of aromatic nitrogens is 3. The number of likely N-dealkylation sites (tertiary alicyclic amines) is 1. The summed E-state index contributed by atoms with van der Waals surface area (Å²) in [5, 5.41) is 19.7. The van der Waals surface area contributed by atoms with Crippen molar-refractivity contribution in [2.45, 2.75) is 18.9 Å². The molecule has 2 N–H and O–H groups in total. The largest absolute Gasteiger partial charge is 0.505 e. The number of fused-ring (bicyclic) bond motifs is 1. The summed E-state index contributed by atoms with van der Waals surface area (Å²) < 4.78 is 2.04. The molecule has 1 aliphatic rings. The highest BCUT2D eigenvalue weighted by atomic mass is 35.5. The van der Waals surface area contributed by atoms with Crippen LogP contribution in [0.4, 0.5) is 11.4 Å². The molecular formula is C24H22Cl3N5O. The molecule has 0 atom stereocenters. The third kappa shape index (κ3) is 4.49. The minimum atomic E-state index is -0.128. The number of anilines is 2. The molecule has 0 radical (unpaired) electrons. The molecule has 0 spiro atoms. The van der Waals surface area contributed by atoms with Gasteiger partial charge < -0.3 is 15.3 Å². The van der Waals surface area contributed by atoms with Crippen molar-refractivity contribution in [1.29, 1.82) is 0 Å². The average molecular weight is 503 g/mol. The predicted octanol–water partition coefficient (Wildman–Crippen LogP) is 6.77. The lowest BCUT2D eigenvalue weighted by molar-refractivity contribution is 0.212. The van der Waals surface area contributed by atoms with Crippen LogP contribution in [0.1, 0.15) is 18.9 Å². The first-order chi connectivity index (χ1) is 15.9. The average Bonchev–Trinajstić information content (AvgIpc) is 3.28. The molecule has 170 valence electrons. The summed E-state index contributed by atoms with van der Waals surface area (Å²) in [6.07, 6.45) is 7.66. The molecule has 1 saturated heterocycles. The maximum Gasteiger partial charge on any atom is 0.152 e. The zero-order valence-electron chi connectivity index (χ0n) is 17.9. The Morgan fingerprint density at radius 2 is 1.70 bits per heavy atom. The molecular weight excluding hydrogens is 481 g/mol. The van der Waals surface area contributed by atoms with E-state index < -0.39 is 0 Å². The minimum absolute atomic E-state index is 0.128. The number of piperidine rings is 1. The van der Waals surface area contributed by atoms with Crippen LogP contribution >= 0.6 is 34.8 Å². The van der Waals surface area contributed by atoms with Gasteiger partial charge in [0.2, 0.25) is 0 Å². The molecule has 0 saturated carbocycles. The van der Waals surface area contributed by atoms with Gasteiger partial charge in [-0.25, -0.2) is 0 Å². The Bertz CT molecular complexity index is 1310. The van der Waals surface area contributed by atoms with Crippen LogP contribution in [0.2, 0.25) is 15.1 Å². The van der Waals surface area contributed by atoms with Gasteiger partial charge in [-0.3, -0.25) is 9.67 Å². The highest BCUT2D eigenvalue weighted by Crippen LogP contribution is 2.39. The number of hydrogen-bond acceptors (Lipinski definition) is 5. The smallest absolute Gasteiger partial charge is 0.152 e. The Morgan fingerprint density at radius 3 is 2.42 bits per heavy atom. The number of rotatable bonds is 4. The SMILES string of the molecule is CN1CCC(n2cc(Nc3c(Cl)cnc4ccc(-c5cc(Cl)c(O)c(Cl)c5)cc34)cn2)CC1. The Balaban J connectivity index is 1.49. The molecule has 5 rings (SSSR count). The lowest BCUT2D eigenvalue weighted by Gasteiger charge is -2.28. The van der Waals surface area contributed by atoms with Crippen molar-refractivity contribution < 1.29 is 5.11 Å². The van der Waals surface area contributed by atoms with E-state index in [2.05, 4.69) is 27.3 Å². The molecule has 4 aromatic rings. The van der Waals surface area contributed by atoms with Crippen molar-refractivity contribution in [2.24, 2.45) is 0 Å². The van der Waals surface area contributed by atoms with Crippen molar-refractivity contribution in [1.82, 2.24) is 19.7 Å². The summed E-state index contributed by atoms with van der Waals surface area (Å²) in [5.41, 5.74) is 4.07. The molecule has 9 heteroatoms. The van der Waals surface area contributed by atoms with E-state index in [4.69, 9.17) is 34.8 Å². The number of hydrogen-bond donors (Lipinski definition) is 2. The Kier molecular flexibility index (Phi) is 6.10. The molecule has 0 bridgehead atoms. The summed E-state index contributed by atoms with van der Waals surface area (Å²) in [4.78, 5) is 6.80. The van der Waals surface area contributed by atoms with E-state index in [-0.39, 0.29) is 15.8 Å². The Labute approximate surface area is 206 Å². The molecule has 6 nitrogen and oxygen atoms in total. The number of nitrogens with one attached hydrogen (secondary N) is 1. The van der Waals surface area contributed by atoms with Crippen LogP contribution in [0.15, 0.2) is 48.9 Å². The molecule has 33 heavy (non-hydrogen) atoms. The monoisotopic (exact) mass is 501 g/mol. The molecule has 2 aromatic heterocycles. The van der Waals surface area contributed by atoms with E-state index in [0.717, 1.165) is 59.3 Å². The third-order valence-corrected chi connectivity index (χ3v) is 6.97. The fraction of sp³-hybridized carbons (Fsp3) is 0.250. The molecule has 2 aromatic carbocycles. The number of pyridine rings is 1. The van der Waals surface area contributed by atoms with E-state index >= 15 is 0 Å². The van der Waals surface area contributed by atoms with Gasteiger partial charge in [-0.2, -0.15) is 5.10 Å². The van der Waals surface area contributed by atoms with E-state index in [1.54, 1.807) is 18.3 Å². The van der Waals surface area contributed by atoms with Gasteiger partial charge >= 0.3 is 0 Å². The molecule has 3 heterocycles.